The zero-order chi connectivity index (χ0) is 9.47. The second-order valence-corrected chi connectivity index (χ2v) is 4.18. The minimum Gasteiger partial charge on any atom is -0.378 e. The summed E-state index contributed by atoms with van der Waals surface area (Å²) in [5.74, 6) is 0.691. The molecular formula is C10H17NO2. The van der Waals surface area contributed by atoms with Crippen LogP contribution >= 0.6 is 0 Å². The monoisotopic (exact) mass is 183 g/mol. The average molecular weight is 183 g/mol. The SMILES string of the molecule is CCOC1CC2(NC(C)=O)CCC12. The smallest absolute Gasteiger partial charge is 0.217 e. The first kappa shape index (κ1) is 9.00. The van der Waals surface area contributed by atoms with Crippen molar-refractivity contribution in [1.82, 2.24) is 5.32 Å². The highest BCUT2D eigenvalue weighted by molar-refractivity contribution is 5.74. The molecule has 2 aliphatic carbocycles. The molecule has 0 aromatic heterocycles. The molecule has 2 fully saturated rings. The predicted octanol–water partition coefficient (Wildman–Crippen LogP) is 1.08. The molecule has 0 aliphatic heterocycles. The third kappa shape index (κ3) is 1.26. The lowest BCUT2D eigenvalue weighted by molar-refractivity contribution is -0.168. The largest absolute Gasteiger partial charge is 0.378 e. The minimum absolute atomic E-state index is 0.0969. The molecule has 2 rings (SSSR count). The summed E-state index contributed by atoms with van der Waals surface area (Å²) in [6.45, 7) is 4.41. The lowest BCUT2D eigenvalue weighted by atomic mass is 9.51. The predicted molar refractivity (Wildman–Crippen MR) is 49.3 cm³/mol. The highest BCUT2D eigenvalue weighted by Crippen LogP contribution is 2.54. The Bertz CT molecular complexity index is 229. The summed E-state index contributed by atoms with van der Waals surface area (Å²) < 4.78 is 5.57. The number of nitrogens with one attached hydrogen (secondary N) is 1. The Morgan fingerprint density at radius 3 is 2.85 bits per heavy atom. The molecule has 2 saturated carbocycles. The molecule has 1 N–H and O–H groups in total. The normalized spacial score (nSPS) is 41.4. The van der Waals surface area contributed by atoms with E-state index in [1.165, 1.54) is 6.42 Å². The van der Waals surface area contributed by atoms with Gasteiger partial charge in [0.1, 0.15) is 0 Å². The molecule has 13 heavy (non-hydrogen) atoms. The fourth-order valence-electron chi connectivity index (χ4n) is 2.74. The number of carbonyl (C=O) groups excluding carboxylic acids is 1. The van der Waals surface area contributed by atoms with E-state index >= 15 is 0 Å². The van der Waals surface area contributed by atoms with E-state index in [9.17, 15) is 4.79 Å². The fourth-order valence-corrected chi connectivity index (χ4v) is 2.74. The summed E-state index contributed by atoms with van der Waals surface area (Å²) in [5.41, 5.74) is 0.131. The molecule has 3 atom stereocenters. The molecule has 3 nitrogen and oxygen atoms in total. The summed E-state index contributed by atoms with van der Waals surface area (Å²) in [6, 6.07) is 0. The van der Waals surface area contributed by atoms with Crippen molar-refractivity contribution in [3.63, 3.8) is 0 Å². The Morgan fingerprint density at radius 1 is 1.69 bits per heavy atom. The van der Waals surface area contributed by atoms with Crippen LogP contribution in [0.3, 0.4) is 0 Å². The lowest BCUT2D eigenvalue weighted by Gasteiger charge is -2.62. The second-order valence-electron chi connectivity index (χ2n) is 4.18. The van der Waals surface area contributed by atoms with Gasteiger partial charge in [-0.15, -0.1) is 0 Å². The number of carbonyl (C=O) groups is 1. The molecule has 74 valence electrons. The van der Waals surface area contributed by atoms with Crippen molar-refractivity contribution in [1.29, 1.82) is 0 Å². The van der Waals surface area contributed by atoms with Gasteiger partial charge in [0, 0.05) is 25.0 Å². The van der Waals surface area contributed by atoms with E-state index in [0.29, 0.717) is 12.0 Å². The third-order valence-corrected chi connectivity index (χ3v) is 3.43. The Morgan fingerprint density at radius 2 is 2.46 bits per heavy atom. The summed E-state index contributed by atoms with van der Waals surface area (Å²) in [6.07, 6.45) is 3.78. The molecular weight excluding hydrogens is 166 g/mol. The van der Waals surface area contributed by atoms with Crippen LogP contribution in [0.25, 0.3) is 0 Å². The number of hydrogen-bond acceptors (Lipinski definition) is 2. The Kier molecular flexibility index (Phi) is 2.06. The van der Waals surface area contributed by atoms with E-state index in [1.54, 1.807) is 6.92 Å². The molecule has 0 bridgehead atoms. The zero-order valence-corrected chi connectivity index (χ0v) is 8.30. The van der Waals surface area contributed by atoms with Crippen molar-refractivity contribution in [3.05, 3.63) is 0 Å². The standard InChI is InChI=1S/C10H17NO2/c1-3-13-9-6-10(11-7(2)12)5-4-8(9)10/h8-9H,3-6H2,1-2H3,(H,11,12). The van der Waals surface area contributed by atoms with Gasteiger partial charge in [0.05, 0.1) is 6.10 Å². The van der Waals surface area contributed by atoms with Crippen molar-refractivity contribution in [2.75, 3.05) is 6.61 Å². The van der Waals surface area contributed by atoms with E-state index in [0.717, 1.165) is 19.4 Å². The molecule has 0 heterocycles. The van der Waals surface area contributed by atoms with E-state index in [4.69, 9.17) is 4.74 Å². The zero-order valence-electron chi connectivity index (χ0n) is 8.30. The van der Waals surface area contributed by atoms with Crippen molar-refractivity contribution < 1.29 is 9.53 Å². The third-order valence-electron chi connectivity index (χ3n) is 3.43. The minimum atomic E-state index is 0.0969. The van der Waals surface area contributed by atoms with Gasteiger partial charge in [0.25, 0.3) is 0 Å². The van der Waals surface area contributed by atoms with Gasteiger partial charge in [-0.1, -0.05) is 0 Å². The number of amides is 1. The van der Waals surface area contributed by atoms with E-state index in [2.05, 4.69) is 5.32 Å². The molecule has 3 unspecified atom stereocenters. The summed E-state index contributed by atoms with van der Waals surface area (Å²) >= 11 is 0. The number of hydrogen-bond donors (Lipinski definition) is 1. The Labute approximate surface area is 78.8 Å². The van der Waals surface area contributed by atoms with Crippen LogP contribution in [-0.4, -0.2) is 24.2 Å². The van der Waals surface area contributed by atoms with Crippen LogP contribution in [0.2, 0.25) is 0 Å². The maximum absolute atomic E-state index is 10.9. The first-order valence-corrected chi connectivity index (χ1v) is 5.08. The van der Waals surface area contributed by atoms with Crippen LogP contribution in [0.5, 0.6) is 0 Å². The fraction of sp³-hybridized carbons (Fsp3) is 0.900. The molecule has 0 aromatic carbocycles. The lowest BCUT2D eigenvalue weighted by Crippen LogP contribution is -2.72. The van der Waals surface area contributed by atoms with E-state index in [-0.39, 0.29) is 11.4 Å². The Hall–Kier alpha value is -0.570. The molecule has 0 aromatic rings. The van der Waals surface area contributed by atoms with Gasteiger partial charge in [-0.2, -0.15) is 0 Å². The number of rotatable bonds is 3. The van der Waals surface area contributed by atoms with Gasteiger partial charge in [-0.25, -0.2) is 0 Å². The molecule has 2 aliphatic rings. The van der Waals surface area contributed by atoms with Gasteiger partial charge in [0.2, 0.25) is 5.91 Å². The van der Waals surface area contributed by atoms with Crippen molar-refractivity contribution in [2.24, 2.45) is 5.92 Å². The quantitative estimate of drug-likeness (QED) is 0.711. The topological polar surface area (TPSA) is 38.3 Å². The number of ether oxygens (including phenoxy) is 1. The highest BCUT2D eigenvalue weighted by atomic mass is 16.5. The molecule has 0 saturated heterocycles. The second kappa shape index (κ2) is 2.98. The van der Waals surface area contributed by atoms with Crippen molar-refractivity contribution >= 4 is 5.91 Å². The van der Waals surface area contributed by atoms with Gasteiger partial charge < -0.3 is 10.1 Å². The summed E-state index contributed by atoms with van der Waals surface area (Å²) in [7, 11) is 0. The summed E-state index contributed by atoms with van der Waals surface area (Å²) in [5, 5.41) is 3.06. The maximum atomic E-state index is 10.9. The van der Waals surface area contributed by atoms with Crippen LogP contribution in [0, 0.1) is 5.92 Å². The van der Waals surface area contributed by atoms with Gasteiger partial charge in [0.15, 0.2) is 0 Å². The van der Waals surface area contributed by atoms with Gasteiger partial charge in [-0.05, 0) is 26.2 Å². The molecule has 0 radical (unpaired) electrons. The number of fused-ring (bicyclic) bond motifs is 1. The van der Waals surface area contributed by atoms with Crippen molar-refractivity contribution in [3.8, 4) is 0 Å². The molecule has 1 amide bonds. The highest BCUT2D eigenvalue weighted by Gasteiger charge is 2.60. The van der Waals surface area contributed by atoms with E-state index < -0.39 is 0 Å². The first-order chi connectivity index (χ1) is 6.18. The molecule has 0 spiro atoms. The van der Waals surface area contributed by atoms with Gasteiger partial charge in [-0.3, -0.25) is 4.79 Å². The van der Waals surface area contributed by atoms with Crippen LogP contribution in [-0.2, 0) is 9.53 Å². The van der Waals surface area contributed by atoms with Crippen molar-refractivity contribution in [2.45, 2.75) is 44.8 Å². The average Bonchev–Trinajstić information content (AvgIpc) is 2.01. The molecule has 3 heteroatoms. The first-order valence-electron chi connectivity index (χ1n) is 5.08. The Balaban J connectivity index is 1.88. The maximum Gasteiger partial charge on any atom is 0.217 e. The van der Waals surface area contributed by atoms with Crippen LogP contribution in [0.1, 0.15) is 33.1 Å². The summed E-state index contributed by atoms with van der Waals surface area (Å²) in [4.78, 5) is 10.9. The van der Waals surface area contributed by atoms with Crippen LogP contribution in [0.4, 0.5) is 0 Å². The van der Waals surface area contributed by atoms with E-state index in [1.807, 2.05) is 6.92 Å². The van der Waals surface area contributed by atoms with Crippen LogP contribution in [0.15, 0.2) is 0 Å². The van der Waals surface area contributed by atoms with Crippen LogP contribution < -0.4 is 5.32 Å². The van der Waals surface area contributed by atoms with Gasteiger partial charge >= 0.3 is 0 Å².